The zero-order valence-electron chi connectivity index (χ0n) is 14.1. The van der Waals surface area contributed by atoms with Crippen LogP contribution in [-0.4, -0.2) is 18.4 Å². The first-order valence-electron chi connectivity index (χ1n) is 7.84. The third kappa shape index (κ3) is 5.43. The van der Waals surface area contributed by atoms with Crippen molar-refractivity contribution in [3.8, 4) is 5.75 Å². The zero-order valence-corrected chi connectivity index (χ0v) is 14.1. The summed E-state index contributed by atoms with van der Waals surface area (Å²) >= 11 is 0. The summed E-state index contributed by atoms with van der Waals surface area (Å²) in [6.07, 6.45) is 0. The minimum Gasteiger partial charge on any atom is -0.484 e. The first-order valence-corrected chi connectivity index (χ1v) is 7.84. The molecular weight excluding hydrogens is 304 g/mol. The Kier molecular flexibility index (Phi) is 5.95. The second kappa shape index (κ2) is 8.15. The van der Waals surface area contributed by atoms with Crippen molar-refractivity contribution in [1.29, 1.82) is 0 Å². The smallest absolute Gasteiger partial charge is 0.262 e. The van der Waals surface area contributed by atoms with E-state index in [1.807, 2.05) is 24.3 Å². The van der Waals surface area contributed by atoms with Crippen LogP contribution in [0.3, 0.4) is 0 Å². The number of nitrogens with one attached hydrogen (secondary N) is 2. The van der Waals surface area contributed by atoms with Crippen LogP contribution in [0.4, 0.5) is 11.4 Å². The number of hydrogen-bond acceptors (Lipinski definition) is 3. The van der Waals surface area contributed by atoms with Crippen LogP contribution < -0.4 is 15.4 Å². The molecule has 0 radical (unpaired) electrons. The topological polar surface area (TPSA) is 67.4 Å². The fourth-order valence-electron chi connectivity index (χ4n) is 2.15. The van der Waals surface area contributed by atoms with Gasteiger partial charge in [0, 0.05) is 18.3 Å². The van der Waals surface area contributed by atoms with E-state index in [9.17, 15) is 9.59 Å². The lowest BCUT2D eigenvalue weighted by atomic mass is 10.0. The molecule has 2 aromatic rings. The molecule has 2 N–H and O–H groups in total. The Bertz CT molecular complexity index is 709. The van der Waals surface area contributed by atoms with E-state index in [4.69, 9.17) is 4.74 Å². The van der Waals surface area contributed by atoms with Crippen LogP contribution in [0, 0.1) is 0 Å². The molecule has 0 bridgehead atoms. The van der Waals surface area contributed by atoms with Crippen molar-refractivity contribution in [2.45, 2.75) is 26.7 Å². The fourth-order valence-corrected chi connectivity index (χ4v) is 2.15. The molecule has 0 atom stereocenters. The molecule has 5 nitrogen and oxygen atoms in total. The average Bonchev–Trinajstić information content (AvgIpc) is 2.54. The Hall–Kier alpha value is -2.82. The minimum absolute atomic E-state index is 0.0605. The summed E-state index contributed by atoms with van der Waals surface area (Å²) in [5.41, 5.74) is 2.50. The SMILES string of the molecule is CC(=O)Nc1ccc(NC(=O)COc2cccc(C(C)C)c2)cc1. The van der Waals surface area contributed by atoms with E-state index in [1.54, 1.807) is 24.3 Å². The highest BCUT2D eigenvalue weighted by Gasteiger charge is 2.06. The van der Waals surface area contributed by atoms with Gasteiger partial charge in [-0.2, -0.15) is 0 Å². The van der Waals surface area contributed by atoms with Crippen molar-refractivity contribution in [2.24, 2.45) is 0 Å². The summed E-state index contributed by atoms with van der Waals surface area (Å²) in [6, 6.07) is 14.6. The standard InChI is InChI=1S/C19H22N2O3/c1-13(2)15-5-4-6-18(11-15)24-12-19(23)21-17-9-7-16(8-10-17)20-14(3)22/h4-11,13H,12H2,1-3H3,(H,20,22)(H,21,23). The maximum atomic E-state index is 12.0. The lowest BCUT2D eigenvalue weighted by Gasteiger charge is -2.10. The molecule has 2 amide bonds. The predicted molar refractivity (Wildman–Crippen MR) is 95.4 cm³/mol. The largest absolute Gasteiger partial charge is 0.484 e. The molecule has 2 rings (SSSR count). The number of hydrogen-bond donors (Lipinski definition) is 2. The Morgan fingerprint density at radius 1 is 1.00 bits per heavy atom. The van der Waals surface area contributed by atoms with Gasteiger partial charge >= 0.3 is 0 Å². The molecule has 126 valence electrons. The molecule has 0 heterocycles. The number of carbonyl (C=O) groups is 2. The number of amides is 2. The first kappa shape index (κ1) is 17.5. The first-order chi connectivity index (χ1) is 11.4. The normalized spacial score (nSPS) is 10.3. The lowest BCUT2D eigenvalue weighted by molar-refractivity contribution is -0.118. The number of rotatable bonds is 6. The minimum atomic E-state index is -0.239. The summed E-state index contributed by atoms with van der Waals surface area (Å²) in [7, 11) is 0. The highest BCUT2D eigenvalue weighted by Crippen LogP contribution is 2.20. The van der Waals surface area contributed by atoms with Crippen LogP contribution in [0.15, 0.2) is 48.5 Å². The number of benzene rings is 2. The van der Waals surface area contributed by atoms with Gasteiger partial charge in [0.2, 0.25) is 5.91 Å². The molecule has 0 unspecified atom stereocenters. The maximum Gasteiger partial charge on any atom is 0.262 e. The van der Waals surface area contributed by atoms with E-state index >= 15 is 0 Å². The third-order valence-corrected chi connectivity index (χ3v) is 3.38. The van der Waals surface area contributed by atoms with Crippen LogP contribution >= 0.6 is 0 Å². The molecular formula is C19H22N2O3. The van der Waals surface area contributed by atoms with Gasteiger partial charge in [-0.3, -0.25) is 9.59 Å². The third-order valence-electron chi connectivity index (χ3n) is 3.38. The second-order valence-corrected chi connectivity index (χ2v) is 5.82. The van der Waals surface area contributed by atoms with Crippen molar-refractivity contribution in [3.05, 3.63) is 54.1 Å². The number of anilines is 2. The van der Waals surface area contributed by atoms with E-state index < -0.39 is 0 Å². The van der Waals surface area contributed by atoms with Gasteiger partial charge in [0.25, 0.3) is 5.91 Å². The summed E-state index contributed by atoms with van der Waals surface area (Å²) in [5, 5.41) is 5.42. The number of ether oxygens (including phenoxy) is 1. The van der Waals surface area contributed by atoms with Crippen molar-refractivity contribution >= 4 is 23.2 Å². The van der Waals surface area contributed by atoms with Crippen LogP contribution in [0.2, 0.25) is 0 Å². The highest BCUT2D eigenvalue weighted by atomic mass is 16.5. The van der Waals surface area contributed by atoms with Crippen molar-refractivity contribution in [3.63, 3.8) is 0 Å². The van der Waals surface area contributed by atoms with Gasteiger partial charge in [-0.25, -0.2) is 0 Å². The van der Waals surface area contributed by atoms with Crippen LogP contribution in [0.1, 0.15) is 32.3 Å². The van der Waals surface area contributed by atoms with Crippen molar-refractivity contribution in [1.82, 2.24) is 0 Å². The molecule has 0 aliphatic carbocycles. The summed E-state index contributed by atoms with van der Waals surface area (Å²) in [5.74, 6) is 0.711. The van der Waals surface area contributed by atoms with Gasteiger partial charge < -0.3 is 15.4 Å². The number of carbonyl (C=O) groups excluding carboxylic acids is 2. The second-order valence-electron chi connectivity index (χ2n) is 5.82. The summed E-state index contributed by atoms with van der Waals surface area (Å²) in [6.45, 7) is 5.60. The van der Waals surface area contributed by atoms with Gasteiger partial charge in [-0.15, -0.1) is 0 Å². The molecule has 0 saturated heterocycles. The molecule has 2 aromatic carbocycles. The van der Waals surface area contributed by atoms with Gasteiger partial charge in [0.05, 0.1) is 0 Å². The molecule has 24 heavy (non-hydrogen) atoms. The molecule has 0 saturated carbocycles. The van der Waals surface area contributed by atoms with Gasteiger partial charge in [0.1, 0.15) is 5.75 Å². The Balaban J connectivity index is 1.87. The highest BCUT2D eigenvalue weighted by molar-refractivity contribution is 5.93. The molecule has 0 aliphatic rings. The Morgan fingerprint density at radius 2 is 1.62 bits per heavy atom. The molecule has 0 fully saturated rings. The summed E-state index contributed by atoms with van der Waals surface area (Å²) < 4.78 is 5.54. The van der Waals surface area contributed by atoms with Gasteiger partial charge in [-0.05, 0) is 47.9 Å². The monoisotopic (exact) mass is 326 g/mol. The molecule has 0 aromatic heterocycles. The zero-order chi connectivity index (χ0) is 17.5. The predicted octanol–water partition coefficient (Wildman–Crippen LogP) is 3.79. The molecule has 0 spiro atoms. The molecule has 5 heteroatoms. The van der Waals surface area contributed by atoms with Crippen LogP contribution in [0.5, 0.6) is 5.75 Å². The van der Waals surface area contributed by atoms with E-state index in [1.165, 1.54) is 12.5 Å². The van der Waals surface area contributed by atoms with Crippen LogP contribution in [0.25, 0.3) is 0 Å². The van der Waals surface area contributed by atoms with E-state index in [2.05, 4.69) is 24.5 Å². The van der Waals surface area contributed by atoms with Gasteiger partial charge in [0.15, 0.2) is 6.61 Å². The quantitative estimate of drug-likeness (QED) is 0.849. The lowest BCUT2D eigenvalue weighted by Crippen LogP contribution is -2.20. The summed E-state index contributed by atoms with van der Waals surface area (Å²) in [4.78, 5) is 22.9. The van der Waals surface area contributed by atoms with E-state index in [0.717, 1.165) is 0 Å². The Labute approximate surface area is 142 Å². The fraction of sp³-hybridized carbons (Fsp3) is 0.263. The van der Waals surface area contributed by atoms with Crippen molar-refractivity contribution < 1.29 is 14.3 Å². The van der Waals surface area contributed by atoms with E-state index in [0.29, 0.717) is 23.0 Å². The maximum absolute atomic E-state index is 12.0. The van der Waals surface area contributed by atoms with Crippen molar-refractivity contribution in [2.75, 3.05) is 17.2 Å². The van der Waals surface area contributed by atoms with E-state index in [-0.39, 0.29) is 18.4 Å². The molecule has 0 aliphatic heterocycles. The van der Waals surface area contributed by atoms with Gasteiger partial charge in [-0.1, -0.05) is 26.0 Å². The average molecular weight is 326 g/mol. The Morgan fingerprint density at radius 3 is 2.21 bits per heavy atom. The van der Waals surface area contributed by atoms with Crippen LogP contribution in [-0.2, 0) is 9.59 Å².